The third-order valence-electron chi connectivity index (χ3n) is 5.59. The van der Waals surface area contributed by atoms with E-state index in [-0.39, 0.29) is 23.4 Å². The highest BCUT2D eigenvalue weighted by Gasteiger charge is 2.26. The topological polar surface area (TPSA) is 98.1 Å². The van der Waals surface area contributed by atoms with Crippen LogP contribution in [0.25, 0.3) is 0 Å². The Morgan fingerprint density at radius 2 is 1.84 bits per heavy atom. The van der Waals surface area contributed by atoms with Gasteiger partial charge in [0.25, 0.3) is 0 Å². The number of methoxy groups -OCH3 is 1. The summed E-state index contributed by atoms with van der Waals surface area (Å²) in [5, 5.41) is 0.134. The molecule has 0 aliphatic heterocycles. The molecule has 4 rings (SSSR count). The number of benzene rings is 2. The van der Waals surface area contributed by atoms with Gasteiger partial charge < -0.3 is 24.4 Å². The molecule has 1 atom stereocenters. The first-order valence-electron chi connectivity index (χ1n) is 11.4. The predicted octanol–water partition coefficient (Wildman–Crippen LogP) is 7.24. The molecule has 1 saturated carbocycles. The molecule has 7 nitrogen and oxygen atoms in total. The first kappa shape index (κ1) is 29.8. The number of aromatic nitrogens is 1. The van der Waals surface area contributed by atoms with Crippen LogP contribution in [0.3, 0.4) is 0 Å². The van der Waals surface area contributed by atoms with Gasteiger partial charge in [-0.15, -0.1) is 0 Å². The highest BCUT2D eigenvalue weighted by molar-refractivity contribution is 8.13. The normalized spacial score (nSPS) is 13.4. The van der Waals surface area contributed by atoms with Crippen LogP contribution in [0, 0.1) is 5.92 Å². The maximum absolute atomic E-state index is 13.0. The molecule has 0 radical (unpaired) electrons. The molecule has 1 aliphatic rings. The molecule has 2 aromatic carbocycles. The van der Waals surface area contributed by atoms with E-state index in [0.717, 1.165) is 24.6 Å². The van der Waals surface area contributed by atoms with Crippen molar-refractivity contribution >= 4 is 40.3 Å². The van der Waals surface area contributed by atoms with Crippen LogP contribution in [-0.2, 0) is 11.2 Å². The summed E-state index contributed by atoms with van der Waals surface area (Å²) in [5.41, 5.74) is 1.06. The minimum atomic E-state index is -3.01. The van der Waals surface area contributed by atoms with E-state index >= 15 is 0 Å². The molecule has 0 spiro atoms. The van der Waals surface area contributed by atoms with E-state index in [2.05, 4.69) is 9.72 Å². The summed E-state index contributed by atoms with van der Waals surface area (Å²) < 4.78 is 47.5. The molecule has 0 saturated heterocycles. The molecule has 1 aromatic heterocycles. The largest absolute Gasteiger partial charge is 0.870 e. The summed E-state index contributed by atoms with van der Waals surface area (Å²) in [5.74, 6) is 1.03. The van der Waals surface area contributed by atoms with Crippen LogP contribution < -0.4 is 19.2 Å². The molecule has 3 aromatic rings. The average molecular weight is 588 g/mol. The SMILES string of the molecule is COc1cccc(SC(=O)O[C@@H](Cc2c(Cl)c[nH+]cc2Cl)c2ccc(OC(F)F)c(OCC3CC3)c2)c1.[OH-]. The molecule has 1 fully saturated rings. The molecule has 204 valence electrons. The fourth-order valence-corrected chi connectivity index (χ4v) is 4.72. The van der Waals surface area contributed by atoms with Gasteiger partial charge in [-0.25, -0.2) is 9.78 Å². The standard InChI is InChI=1S/C26H23Cl2F2NO5S.H2O/c1-33-17-3-2-4-18(10-17)37-26(32)36-23(11-19-20(27)12-31-13-21(19)28)16-7-8-22(35-25(29)30)24(9-16)34-14-15-5-6-15;/h2-4,7-10,12-13,15,23,25H,5-6,11,14H2,1H3;1H2/t23-;/m0./s1. The number of H-pyrrole nitrogens is 1. The molecule has 1 aliphatic carbocycles. The first-order chi connectivity index (χ1) is 17.8. The molecule has 0 amide bonds. The summed E-state index contributed by atoms with van der Waals surface area (Å²) in [6.45, 7) is -2.63. The molecule has 0 unspecified atom stereocenters. The van der Waals surface area contributed by atoms with Crippen molar-refractivity contribution in [3.05, 3.63) is 76.0 Å². The third kappa shape index (κ3) is 8.36. The third-order valence-corrected chi connectivity index (χ3v) is 7.02. The van der Waals surface area contributed by atoms with Gasteiger partial charge in [0.05, 0.1) is 13.7 Å². The molecule has 2 N–H and O–H groups in total. The Bertz CT molecular complexity index is 1230. The van der Waals surface area contributed by atoms with E-state index in [1.165, 1.54) is 13.2 Å². The van der Waals surface area contributed by atoms with E-state index in [9.17, 15) is 13.6 Å². The second-order valence-corrected chi connectivity index (χ2v) is 10.1. The molecule has 38 heavy (non-hydrogen) atoms. The first-order valence-corrected chi connectivity index (χ1v) is 13.0. The highest BCUT2D eigenvalue weighted by atomic mass is 35.5. The second kappa shape index (κ2) is 13.8. The lowest BCUT2D eigenvalue weighted by Crippen LogP contribution is -2.14. The maximum atomic E-state index is 13.0. The Morgan fingerprint density at radius 3 is 2.50 bits per heavy atom. The van der Waals surface area contributed by atoms with Gasteiger partial charge in [0.2, 0.25) is 0 Å². The number of pyridine rings is 1. The summed E-state index contributed by atoms with van der Waals surface area (Å²) in [4.78, 5) is 16.4. The fourth-order valence-electron chi connectivity index (χ4n) is 3.51. The smallest absolute Gasteiger partial charge is 0.387 e. The van der Waals surface area contributed by atoms with Crippen LogP contribution in [0.5, 0.6) is 17.2 Å². The minimum Gasteiger partial charge on any atom is -0.870 e. The van der Waals surface area contributed by atoms with Crippen molar-refractivity contribution in [2.45, 2.75) is 36.9 Å². The maximum Gasteiger partial charge on any atom is 0.387 e. The van der Waals surface area contributed by atoms with E-state index in [1.54, 1.807) is 48.8 Å². The Morgan fingerprint density at radius 1 is 1.11 bits per heavy atom. The number of halogens is 4. The summed E-state index contributed by atoms with van der Waals surface area (Å²) in [6.07, 6.45) is 4.45. The number of thioether (sulfide) groups is 1. The zero-order chi connectivity index (χ0) is 26.4. The Hall–Kier alpha value is -2.79. The van der Waals surface area contributed by atoms with Crippen molar-refractivity contribution in [1.82, 2.24) is 0 Å². The van der Waals surface area contributed by atoms with Crippen molar-refractivity contribution in [2.75, 3.05) is 13.7 Å². The quantitative estimate of drug-likeness (QED) is 0.172. The second-order valence-electron chi connectivity index (χ2n) is 8.31. The van der Waals surface area contributed by atoms with Crippen LogP contribution in [0.2, 0.25) is 10.0 Å². The van der Waals surface area contributed by atoms with Crippen molar-refractivity contribution in [3.63, 3.8) is 0 Å². The number of ether oxygens (including phenoxy) is 4. The number of alkyl halides is 2. The molecular formula is C26H25Cl2F2NO6S. The zero-order valence-electron chi connectivity index (χ0n) is 20.2. The van der Waals surface area contributed by atoms with E-state index < -0.39 is 18.0 Å². The highest BCUT2D eigenvalue weighted by Crippen LogP contribution is 2.38. The minimum absolute atomic E-state index is 0. The lowest BCUT2D eigenvalue weighted by Gasteiger charge is -2.21. The summed E-state index contributed by atoms with van der Waals surface area (Å²) >= 11 is 13.6. The van der Waals surface area contributed by atoms with Gasteiger partial charge in [-0.2, -0.15) is 8.78 Å². The van der Waals surface area contributed by atoms with Gasteiger partial charge in [-0.1, -0.05) is 35.3 Å². The van der Waals surface area contributed by atoms with Gasteiger partial charge >= 0.3 is 11.9 Å². The molecular weight excluding hydrogens is 563 g/mol. The van der Waals surface area contributed by atoms with Gasteiger partial charge in [0.15, 0.2) is 23.9 Å². The number of aromatic amines is 1. The van der Waals surface area contributed by atoms with Gasteiger partial charge in [0, 0.05) is 16.9 Å². The number of carbonyl (C=O) groups excluding carboxylic acids is 1. The predicted molar refractivity (Wildman–Crippen MR) is 138 cm³/mol. The number of rotatable bonds is 11. The monoisotopic (exact) mass is 587 g/mol. The van der Waals surface area contributed by atoms with Crippen molar-refractivity contribution in [1.29, 1.82) is 0 Å². The Balaban J connectivity index is 0.00000400. The zero-order valence-corrected chi connectivity index (χ0v) is 22.5. The number of nitrogens with one attached hydrogen (secondary N) is 1. The van der Waals surface area contributed by atoms with Gasteiger partial charge in [0.1, 0.15) is 21.9 Å². The summed E-state index contributed by atoms with van der Waals surface area (Å²) in [7, 11) is 1.53. The van der Waals surface area contributed by atoms with Gasteiger partial charge in [-0.05, 0) is 66.4 Å². The number of hydrogen-bond acceptors (Lipinski definition) is 7. The van der Waals surface area contributed by atoms with Crippen LogP contribution in [0.1, 0.15) is 30.1 Å². The van der Waals surface area contributed by atoms with Crippen molar-refractivity contribution in [3.8, 4) is 17.2 Å². The van der Waals surface area contributed by atoms with Crippen LogP contribution in [0.15, 0.2) is 59.8 Å². The number of hydrogen-bond donors (Lipinski definition) is 0. The lowest BCUT2D eigenvalue weighted by molar-refractivity contribution is -0.377. The summed E-state index contributed by atoms with van der Waals surface area (Å²) in [6, 6.07) is 11.5. The molecule has 1 heterocycles. The lowest BCUT2D eigenvalue weighted by atomic mass is 10.0. The van der Waals surface area contributed by atoms with E-state index in [4.69, 9.17) is 37.4 Å². The van der Waals surface area contributed by atoms with Crippen LogP contribution in [-0.4, -0.2) is 31.1 Å². The fraction of sp³-hybridized carbons (Fsp3) is 0.308. The van der Waals surface area contributed by atoms with E-state index in [0.29, 0.717) is 44.3 Å². The number of carbonyl (C=O) groups is 1. The van der Waals surface area contributed by atoms with Crippen LogP contribution >= 0.6 is 35.0 Å². The van der Waals surface area contributed by atoms with E-state index in [1.807, 2.05) is 0 Å². The van der Waals surface area contributed by atoms with Crippen LogP contribution in [0.4, 0.5) is 13.6 Å². The van der Waals surface area contributed by atoms with Crippen molar-refractivity contribution in [2.24, 2.45) is 5.92 Å². The van der Waals surface area contributed by atoms with Crippen molar-refractivity contribution < 1.29 is 43.0 Å². The Kier molecular flexibility index (Phi) is 10.8. The Labute approximate surface area is 232 Å². The molecule has 0 bridgehead atoms. The molecule has 12 heteroatoms. The van der Waals surface area contributed by atoms with Gasteiger partial charge in [-0.3, -0.25) is 0 Å². The average Bonchev–Trinajstić information content (AvgIpc) is 3.69.